The summed E-state index contributed by atoms with van der Waals surface area (Å²) in [6.45, 7) is 6.57. The molecule has 0 aromatic carbocycles. The molecule has 3 heteroatoms. The molecule has 2 atom stereocenters. The number of nitrogens with zero attached hydrogens (tertiary/aromatic N) is 1. The van der Waals surface area contributed by atoms with E-state index in [4.69, 9.17) is 5.73 Å². The highest BCUT2D eigenvalue weighted by atomic mass is 32.1. The molecule has 0 amide bonds. The van der Waals surface area contributed by atoms with Gasteiger partial charge in [-0.15, -0.1) is 11.3 Å². The molecule has 0 aliphatic heterocycles. The maximum atomic E-state index is 6.40. The Morgan fingerprint density at radius 1 is 1.53 bits per heavy atom. The van der Waals surface area contributed by atoms with Crippen LogP contribution >= 0.6 is 11.3 Å². The molecule has 1 rings (SSSR count). The van der Waals surface area contributed by atoms with Crippen molar-refractivity contribution in [2.45, 2.75) is 38.8 Å². The van der Waals surface area contributed by atoms with Crippen LogP contribution in [0.25, 0.3) is 0 Å². The molecule has 2 N–H and O–H groups in total. The Kier molecular flexibility index (Phi) is 3.93. The third-order valence-electron chi connectivity index (χ3n) is 3.64. The van der Waals surface area contributed by atoms with E-state index in [-0.39, 0.29) is 11.6 Å². The molecule has 0 saturated heterocycles. The lowest BCUT2D eigenvalue weighted by atomic mass is 9.84. The molecule has 2 nitrogen and oxygen atoms in total. The second-order valence-corrected chi connectivity index (χ2v) is 5.64. The quantitative estimate of drug-likeness (QED) is 0.855. The predicted octanol–water partition coefficient (Wildman–Crippen LogP) is 2.79. The number of thiophene rings is 1. The topological polar surface area (TPSA) is 29.3 Å². The molecule has 2 unspecified atom stereocenters. The summed E-state index contributed by atoms with van der Waals surface area (Å²) in [4.78, 5) is 3.57. The van der Waals surface area contributed by atoms with E-state index in [0.29, 0.717) is 0 Å². The summed E-state index contributed by atoms with van der Waals surface area (Å²) in [6, 6.07) is 2.24. The first-order valence-corrected chi connectivity index (χ1v) is 6.28. The predicted molar refractivity (Wildman–Crippen MR) is 68.4 cm³/mol. The lowest BCUT2D eigenvalue weighted by Gasteiger charge is -2.41. The fourth-order valence-corrected chi connectivity index (χ4v) is 2.62. The molecule has 0 saturated carbocycles. The van der Waals surface area contributed by atoms with Gasteiger partial charge in [0.1, 0.15) is 0 Å². The van der Waals surface area contributed by atoms with Crippen LogP contribution in [-0.2, 0) is 0 Å². The van der Waals surface area contributed by atoms with E-state index in [1.54, 1.807) is 11.3 Å². The Hall–Kier alpha value is -0.380. The number of rotatable bonds is 4. The number of likely N-dealkylation sites (N-methyl/N-ethyl adjacent to an activating group) is 1. The molecule has 86 valence electrons. The first-order chi connectivity index (χ1) is 6.93. The fraction of sp³-hybridized carbons (Fsp3) is 0.667. The van der Waals surface area contributed by atoms with Crippen molar-refractivity contribution in [1.82, 2.24) is 4.90 Å². The first kappa shape index (κ1) is 12.7. The summed E-state index contributed by atoms with van der Waals surface area (Å²) in [7, 11) is 4.20. The Balaban J connectivity index is 3.02. The van der Waals surface area contributed by atoms with E-state index in [1.165, 1.54) is 10.4 Å². The van der Waals surface area contributed by atoms with Crippen molar-refractivity contribution < 1.29 is 0 Å². The van der Waals surface area contributed by atoms with E-state index in [2.05, 4.69) is 51.2 Å². The van der Waals surface area contributed by atoms with E-state index in [0.717, 1.165) is 6.42 Å². The first-order valence-electron chi connectivity index (χ1n) is 5.40. The van der Waals surface area contributed by atoms with Crippen LogP contribution in [0.1, 0.15) is 36.8 Å². The van der Waals surface area contributed by atoms with Gasteiger partial charge in [0.15, 0.2) is 0 Å². The summed E-state index contributed by atoms with van der Waals surface area (Å²) in [5.41, 5.74) is 7.72. The van der Waals surface area contributed by atoms with Gasteiger partial charge < -0.3 is 10.6 Å². The van der Waals surface area contributed by atoms with Crippen molar-refractivity contribution in [2.24, 2.45) is 5.73 Å². The monoisotopic (exact) mass is 226 g/mol. The molecule has 1 heterocycles. The highest BCUT2D eigenvalue weighted by Gasteiger charge is 2.34. The van der Waals surface area contributed by atoms with Crippen LogP contribution in [0.15, 0.2) is 11.4 Å². The Morgan fingerprint density at radius 2 is 2.13 bits per heavy atom. The molecule has 0 aliphatic rings. The molecular weight excluding hydrogens is 204 g/mol. The van der Waals surface area contributed by atoms with Gasteiger partial charge in [-0.3, -0.25) is 0 Å². The Bertz CT molecular complexity index is 319. The number of aryl methyl sites for hydroxylation is 1. The number of nitrogens with two attached hydrogens (primary N) is 1. The molecular formula is C12H22N2S. The van der Waals surface area contributed by atoms with Crippen LogP contribution in [0.3, 0.4) is 0 Å². The molecule has 0 radical (unpaired) electrons. The second-order valence-electron chi connectivity index (χ2n) is 4.51. The lowest BCUT2D eigenvalue weighted by molar-refractivity contribution is 0.132. The maximum absolute atomic E-state index is 6.40. The van der Waals surface area contributed by atoms with Crippen molar-refractivity contribution in [3.8, 4) is 0 Å². The fourth-order valence-electron chi connectivity index (χ4n) is 1.87. The molecule has 0 aliphatic carbocycles. The molecule has 0 fully saturated rings. The minimum atomic E-state index is 0.0336. The van der Waals surface area contributed by atoms with Gasteiger partial charge >= 0.3 is 0 Å². The van der Waals surface area contributed by atoms with E-state index < -0.39 is 0 Å². The van der Waals surface area contributed by atoms with Gasteiger partial charge in [0.05, 0.1) is 0 Å². The van der Waals surface area contributed by atoms with Crippen LogP contribution in [0.4, 0.5) is 0 Å². The molecule has 15 heavy (non-hydrogen) atoms. The zero-order chi connectivity index (χ0) is 11.6. The third-order valence-corrected chi connectivity index (χ3v) is 4.50. The summed E-state index contributed by atoms with van der Waals surface area (Å²) < 4.78 is 0. The minimum absolute atomic E-state index is 0.0336. The summed E-state index contributed by atoms with van der Waals surface area (Å²) in [5, 5.41) is 2.12. The van der Waals surface area contributed by atoms with Gasteiger partial charge in [0.25, 0.3) is 0 Å². The normalized spacial score (nSPS) is 17.8. The average molecular weight is 226 g/mol. The molecule has 0 bridgehead atoms. The van der Waals surface area contributed by atoms with Crippen molar-refractivity contribution in [3.05, 3.63) is 21.9 Å². The Labute approximate surface area is 97.1 Å². The van der Waals surface area contributed by atoms with Crippen LogP contribution in [0, 0.1) is 6.92 Å². The zero-order valence-electron chi connectivity index (χ0n) is 10.4. The smallest absolute Gasteiger partial charge is 0.0490 e. The van der Waals surface area contributed by atoms with Crippen molar-refractivity contribution in [1.29, 1.82) is 0 Å². The van der Waals surface area contributed by atoms with Crippen molar-refractivity contribution in [2.75, 3.05) is 14.1 Å². The number of hydrogen-bond acceptors (Lipinski definition) is 3. The van der Waals surface area contributed by atoms with Gasteiger partial charge in [-0.1, -0.05) is 6.92 Å². The third kappa shape index (κ3) is 2.25. The SMILES string of the molecule is CCC(C)(C(N)c1ccsc1C)N(C)C. The van der Waals surface area contributed by atoms with E-state index in [1.807, 2.05) is 0 Å². The largest absolute Gasteiger partial charge is 0.322 e. The van der Waals surface area contributed by atoms with E-state index in [9.17, 15) is 0 Å². The standard InChI is InChI=1S/C12H22N2S/c1-6-12(3,14(4)5)11(13)10-7-8-15-9(10)2/h7-8,11H,6,13H2,1-5H3. The van der Waals surface area contributed by atoms with Gasteiger partial charge in [0, 0.05) is 16.5 Å². The molecule has 1 aromatic rings. The lowest BCUT2D eigenvalue weighted by Crippen LogP contribution is -2.49. The Morgan fingerprint density at radius 3 is 2.47 bits per heavy atom. The summed E-state index contributed by atoms with van der Waals surface area (Å²) in [6.07, 6.45) is 1.05. The summed E-state index contributed by atoms with van der Waals surface area (Å²) >= 11 is 1.77. The molecule has 0 spiro atoms. The van der Waals surface area contributed by atoms with Crippen LogP contribution < -0.4 is 5.73 Å². The van der Waals surface area contributed by atoms with Crippen LogP contribution in [-0.4, -0.2) is 24.5 Å². The second kappa shape index (κ2) is 4.64. The average Bonchev–Trinajstić information content (AvgIpc) is 2.61. The van der Waals surface area contributed by atoms with Crippen LogP contribution in [0.5, 0.6) is 0 Å². The molecule has 1 aromatic heterocycles. The van der Waals surface area contributed by atoms with Crippen LogP contribution in [0.2, 0.25) is 0 Å². The minimum Gasteiger partial charge on any atom is -0.322 e. The van der Waals surface area contributed by atoms with E-state index >= 15 is 0 Å². The van der Waals surface area contributed by atoms with Gasteiger partial charge in [-0.25, -0.2) is 0 Å². The van der Waals surface area contributed by atoms with Gasteiger partial charge in [0.2, 0.25) is 0 Å². The summed E-state index contributed by atoms with van der Waals surface area (Å²) in [5.74, 6) is 0. The van der Waals surface area contributed by atoms with Crippen molar-refractivity contribution >= 4 is 11.3 Å². The van der Waals surface area contributed by atoms with Gasteiger partial charge in [-0.05, 0) is 51.4 Å². The van der Waals surface area contributed by atoms with Gasteiger partial charge in [-0.2, -0.15) is 0 Å². The highest BCUT2D eigenvalue weighted by Crippen LogP contribution is 2.33. The zero-order valence-corrected chi connectivity index (χ0v) is 11.2. The maximum Gasteiger partial charge on any atom is 0.0490 e. The van der Waals surface area contributed by atoms with Crippen molar-refractivity contribution in [3.63, 3.8) is 0 Å². The number of hydrogen-bond donors (Lipinski definition) is 1. The highest BCUT2D eigenvalue weighted by molar-refractivity contribution is 7.10.